The lowest BCUT2D eigenvalue weighted by Gasteiger charge is -2.16. The van der Waals surface area contributed by atoms with E-state index in [1.165, 1.54) is 128 Å². The Bertz CT molecular complexity index is 639. The van der Waals surface area contributed by atoms with Gasteiger partial charge in [-0.3, -0.25) is 4.79 Å². The second-order valence-corrected chi connectivity index (χ2v) is 12.3. The van der Waals surface area contributed by atoms with Gasteiger partial charge in [0.2, 0.25) is 0 Å². The summed E-state index contributed by atoms with van der Waals surface area (Å²) in [5.41, 5.74) is 0. The quantitative estimate of drug-likeness (QED) is 0.0451. The molecule has 1 N–H and O–H groups in total. The van der Waals surface area contributed by atoms with Crippen molar-refractivity contribution in [2.75, 3.05) is 19.8 Å². The molecule has 0 aromatic heterocycles. The first-order valence-electron chi connectivity index (χ1n) is 18.6. The number of aliphatic hydroxyl groups is 1. The summed E-state index contributed by atoms with van der Waals surface area (Å²) < 4.78 is 11.1. The fraction of sp³-hybridized carbons (Fsp3) is 0.821. The summed E-state index contributed by atoms with van der Waals surface area (Å²) in [6, 6.07) is 0. The van der Waals surface area contributed by atoms with Crippen molar-refractivity contribution in [2.24, 2.45) is 0 Å². The van der Waals surface area contributed by atoms with Crippen LogP contribution in [0.25, 0.3) is 0 Å². The van der Waals surface area contributed by atoms with Gasteiger partial charge in [-0.2, -0.15) is 0 Å². The first-order valence-corrected chi connectivity index (χ1v) is 18.6. The van der Waals surface area contributed by atoms with Crippen molar-refractivity contribution < 1.29 is 19.4 Å². The van der Waals surface area contributed by atoms with Crippen molar-refractivity contribution in [3.8, 4) is 0 Å². The Kier molecular flexibility index (Phi) is 35.6. The van der Waals surface area contributed by atoms with Gasteiger partial charge in [0.15, 0.2) is 0 Å². The number of allylic oxidation sites excluding steroid dienone is 6. The summed E-state index contributed by atoms with van der Waals surface area (Å²) in [7, 11) is 0. The fourth-order valence-electron chi connectivity index (χ4n) is 5.16. The van der Waals surface area contributed by atoms with E-state index in [1.807, 2.05) is 0 Å². The number of hydrogen-bond donors (Lipinski definition) is 1. The molecule has 0 aliphatic rings. The Morgan fingerprint density at radius 3 is 1.47 bits per heavy atom. The van der Waals surface area contributed by atoms with E-state index in [1.54, 1.807) is 0 Å². The molecule has 1 atom stereocenters. The highest BCUT2D eigenvalue weighted by Crippen LogP contribution is 2.12. The minimum Gasteiger partial charge on any atom is -0.457 e. The molecule has 4 nitrogen and oxygen atoms in total. The van der Waals surface area contributed by atoms with Gasteiger partial charge in [-0.15, -0.1) is 0 Å². The number of carbonyl (C=O) groups excluding carboxylic acids is 1. The molecule has 43 heavy (non-hydrogen) atoms. The molecular formula is C39H72O4. The Morgan fingerprint density at radius 1 is 0.558 bits per heavy atom. The largest absolute Gasteiger partial charge is 0.457 e. The SMILES string of the molecule is CCCCCCC/C=C\C/C=C\C/C=C\CCCCCCCCCOCC(CO)OC(=O)CCCCCCCCCCC. The van der Waals surface area contributed by atoms with Gasteiger partial charge in [0.1, 0.15) is 6.10 Å². The van der Waals surface area contributed by atoms with Crippen LogP contribution >= 0.6 is 0 Å². The lowest BCUT2D eigenvalue weighted by molar-refractivity contribution is -0.154. The van der Waals surface area contributed by atoms with Crippen LogP contribution < -0.4 is 0 Å². The molecule has 252 valence electrons. The normalized spacial score (nSPS) is 12.7. The zero-order chi connectivity index (χ0) is 31.3. The highest BCUT2D eigenvalue weighted by atomic mass is 16.6. The fourth-order valence-corrected chi connectivity index (χ4v) is 5.16. The Balaban J connectivity index is 3.45. The van der Waals surface area contributed by atoms with Crippen molar-refractivity contribution >= 4 is 5.97 Å². The van der Waals surface area contributed by atoms with Gasteiger partial charge in [0.25, 0.3) is 0 Å². The summed E-state index contributed by atoms with van der Waals surface area (Å²) in [5, 5.41) is 9.52. The van der Waals surface area contributed by atoms with Crippen LogP contribution in [0.5, 0.6) is 0 Å². The van der Waals surface area contributed by atoms with E-state index in [0.717, 1.165) is 32.1 Å². The predicted molar refractivity (Wildman–Crippen MR) is 187 cm³/mol. The Morgan fingerprint density at radius 2 is 0.977 bits per heavy atom. The van der Waals surface area contributed by atoms with Crippen LogP contribution in [0, 0.1) is 0 Å². The van der Waals surface area contributed by atoms with Gasteiger partial charge in [-0.05, 0) is 51.4 Å². The number of ether oxygens (including phenoxy) is 2. The molecule has 0 spiro atoms. The summed E-state index contributed by atoms with van der Waals surface area (Å²) in [6.45, 7) is 5.30. The highest BCUT2D eigenvalue weighted by Gasteiger charge is 2.13. The second-order valence-electron chi connectivity index (χ2n) is 12.3. The van der Waals surface area contributed by atoms with Crippen LogP contribution in [0.4, 0.5) is 0 Å². The summed E-state index contributed by atoms with van der Waals surface area (Å²) >= 11 is 0. The molecule has 0 aromatic rings. The number of hydrogen-bond acceptors (Lipinski definition) is 4. The summed E-state index contributed by atoms with van der Waals surface area (Å²) in [6.07, 6.45) is 44.8. The van der Waals surface area contributed by atoms with Gasteiger partial charge in [0, 0.05) is 13.0 Å². The van der Waals surface area contributed by atoms with Gasteiger partial charge >= 0.3 is 5.97 Å². The van der Waals surface area contributed by atoms with E-state index < -0.39 is 6.10 Å². The zero-order valence-corrected chi connectivity index (χ0v) is 28.7. The van der Waals surface area contributed by atoms with Gasteiger partial charge in [-0.25, -0.2) is 0 Å². The molecule has 0 saturated heterocycles. The maximum Gasteiger partial charge on any atom is 0.306 e. The predicted octanol–water partition coefficient (Wildman–Crippen LogP) is 11.8. The number of esters is 1. The molecule has 0 radical (unpaired) electrons. The first kappa shape index (κ1) is 41.6. The number of unbranched alkanes of at least 4 members (excludes halogenated alkanes) is 20. The molecule has 1 unspecified atom stereocenters. The van der Waals surface area contributed by atoms with Gasteiger partial charge in [0.05, 0.1) is 13.2 Å². The lowest BCUT2D eigenvalue weighted by Crippen LogP contribution is -2.27. The van der Waals surface area contributed by atoms with Crippen LogP contribution in [0.2, 0.25) is 0 Å². The summed E-state index contributed by atoms with van der Waals surface area (Å²) in [4.78, 5) is 12.1. The third-order valence-electron chi connectivity index (χ3n) is 7.97. The lowest BCUT2D eigenvalue weighted by atomic mass is 10.1. The smallest absolute Gasteiger partial charge is 0.306 e. The Hall–Kier alpha value is -1.39. The third kappa shape index (κ3) is 35.0. The molecule has 0 aliphatic heterocycles. The van der Waals surface area contributed by atoms with E-state index in [4.69, 9.17) is 9.47 Å². The molecule has 4 heteroatoms. The molecule has 0 bridgehead atoms. The molecule has 0 saturated carbocycles. The van der Waals surface area contributed by atoms with Crippen molar-refractivity contribution in [3.05, 3.63) is 36.5 Å². The van der Waals surface area contributed by atoms with Crippen molar-refractivity contribution in [1.29, 1.82) is 0 Å². The molecule has 0 amide bonds. The minimum absolute atomic E-state index is 0.174. The standard InChI is InChI=1S/C39H72O4/c1-3-5-7-9-11-13-14-15-16-17-18-19-20-21-22-23-24-25-27-29-31-33-35-42-37-38(36-40)43-39(41)34-32-30-28-26-12-10-8-6-4-2/h14-15,17-18,20-21,38,40H,3-13,16,19,22-37H2,1-2H3/b15-14-,18-17-,21-20-. The second kappa shape index (κ2) is 36.8. The average molecular weight is 605 g/mol. The van der Waals surface area contributed by atoms with E-state index in [9.17, 15) is 9.90 Å². The van der Waals surface area contributed by atoms with Crippen LogP contribution in [0.1, 0.15) is 181 Å². The van der Waals surface area contributed by atoms with E-state index in [2.05, 4.69) is 50.3 Å². The molecule has 0 rings (SSSR count). The average Bonchev–Trinajstić information content (AvgIpc) is 3.01. The van der Waals surface area contributed by atoms with Crippen LogP contribution in [0.15, 0.2) is 36.5 Å². The van der Waals surface area contributed by atoms with Crippen molar-refractivity contribution in [2.45, 2.75) is 187 Å². The molecule has 0 aromatic carbocycles. The molecule has 0 aliphatic carbocycles. The van der Waals surface area contributed by atoms with Crippen LogP contribution in [-0.4, -0.2) is 37.0 Å². The molecular weight excluding hydrogens is 532 g/mol. The Labute approximate surface area is 268 Å². The topological polar surface area (TPSA) is 55.8 Å². The monoisotopic (exact) mass is 605 g/mol. The van der Waals surface area contributed by atoms with Gasteiger partial charge in [-0.1, -0.05) is 159 Å². The number of aliphatic hydroxyl groups excluding tert-OH is 1. The first-order chi connectivity index (χ1) is 21.2. The van der Waals surface area contributed by atoms with E-state index in [0.29, 0.717) is 19.6 Å². The maximum atomic E-state index is 12.1. The highest BCUT2D eigenvalue weighted by molar-refractivity contribution is 5.69. The van der Waals surface area contributed by atoms with E-state index >= 15 is 0 Å². The van der Waals surface area contributed by atoms with Gasteiger partial charge < -0.3 is 14.6 Å². The third-order valence-corrected chi connectivity index (χ3v) is 7.97. The summed E-state index contributed by atoms with van der Waals surface area (Å²) in [5.74, 6) is -0.208. The zero-order valence-electron chi connectivity index (χ0n) is 28.7. The minimum atomic E-state index is -0.534. The number of rotatable bonds is 34. The molecule has 0 fully saturated rings. The maximum absolute atomic E-state index is 12.1. The van der Waals surface area contributed by atoms with Crippen LogP contribution in [-0.2, 0) is 14.3 Å². The van der Waals surface area contributed by atoms with E-state index in [-0.39, 0.29) is 12.6 Å². The molecule has 0 heterocycles. The van der Waals surface area contributed by atoms with Crippen LogP contribution in [0.3, 0.4) is 0 Å². The number of carbonyl (C=O) groups is 1. The van der Waals surface area contributed by atoms with Crippen molar-refractivity contribution in [1.82, 2.24) is 0 Å². The van der Waals surface area contributed by atoms with Crippen molar-refractivity contribution in [3.63, 3.8) is 0 Å².